The second-order valence-electron chi connectivity index (χ2n) is 6.30. The molecule has 138 valence electrons. The van der Waals surface area contributed by atoms with Gasteiger partial charge < -0.3 is 4.74 Å². The van der Waals surface area contributed by atoms with Crippen molar-refractivity contribution in [1.82, 2.24) is 4.98 Å². The van der Waals surface area contributed by atoms with E-state index in [2.05, 4.69) is 4.98 Å². The Labute approximate surface area is 155 Å². The predicted octanol–water partition coefficient (Wildman–Crippen LogP) is 4.18. The molecule has 0 saturated heterocycles. The number of hydrogen-bond acceptors (Lipinski definition) is 6. The molecule has 1 heterocycles. The molecule has 1 fully saturated rings. The molecule has 1 saturated carbocycles. The molecule has 1 aromatic heterocycles. The Balaban J connectivity index is 1.81. The highest BCUT2D eigenvalue weighted by molar-refractivity contribution is 7.13. The third-order valence-electron chi connectivity index (χ3n) is 4.52. The Morgan fingerprint density at radius 2 is 2.08 bits per heavy atom. The van der Waals surface area contributed by atoms with Crippen LogP contribution in [-0.2, 0) is 4.79 Å². The van der Waals surface area contributed by atoms with Gasteiger partial charge >= 0.3 is 5.69 Å². The third-order valence-corrected chi connectivity index (χ3v) is 5.29. The van der Waals surface area contributed by atoms with Gasteiger partial charge in [-0.2, -0.15) is 0 Å². The summed E-state index contributed by atoms with van der Waals surface area (Å²) in [6.07, 6.45) is 6.04. The second-order valence-corrected chi connectivity index (χ2v) is 7.17. The van der Waals surface area contributed by atoms with E-state index in [0.717, 1.165) is 25.7 Å². The van der Waals surface area contributed by atoms with Gasteiger partial charge in [-0.05, 0) is 25.8 Å². The fraction of sp³-hybridized carbons (Fsp3) is 0.444. The number of benzene rings is 1. The first kappa shape index (κ1) is 18.3. The molecule has 26 heavy (non-hydrogen) atoms. The van der Waals surface area contributed by atoms with E-state index >= 15 is 0 Å². The summed E-state index contributed by atoms with van der Waals surface area (Å²) in [4.78, 5) is 29.8. The van der Waals surface area contributed by atoms with Crippen LogP contribution in [0.25, 0.3) is 0 Å². The molecule has 0 N–H and O–H groups in total. The van der Waals surface area contributed by atoms with Crippen LogP contribution in [0.5, 0.6) is 5.75 Å². The highest BCUT2D eigenvalue weighted by Crippen LogP contribution is 2.31. The highest BCUT2D eigenvalue weighted by atomic mass is 32.1. The summed E-state index contributed by atoms with van der Waals surface area (Å²) in [6.45, 7) is 1.63. The largest absolute Gasteiger partial charge is 0.474 e. The minimum atomic E-state index is -0.845. The number of para-hydroxylation sites is 2. The Kier molecular flexibility index (Phi) is 5.82. The van der Waals surface area contributed by atoms with Crippen molar-refractivity contribution < 1.29 is 14.5 Å². The third kappa shape index (κ3) is 4.01. The van der Waals surface area contributed by atoms with Gasteiger partial charge in [0.1, 0.15) is 0 Å². The molecular formula is C18H21N3O4S. The van der Waals surface area contributed by atoms with Gasteiger partial charge in [0.2, 0.25) is 0 Å². The number of hydrogen-bond donors (Lipinski definition) is 0. The molecule has 3 rings (SSSR count). The van der Waals surface area contributed by atoms with Crippen LogP contribution in [0.1, 0.15) is 39.0 Å². The zero-order valence-corrected chi connectivity index (χ0v) is 15.4. The van der Waals surface area contributed by atoms with E-state index in [1.165, 1.54) is 29.9 Å². The number of nitro benzene ring substituents is 1. The summed E-state index contributed by atoms with van der Waals surface area (Å²) in [6, 6.07) is 6.20. The van der Waals surface area contributed by atoms with Gasteiger partial charge in [0.25, 0.3) is 5.91 Å². The van der Waals surface area contributed by atoms with E-state index in [1.807, 2.05) is 5.38 Å². The zero-order valence-electron chi connectivity index (χ0n) is 14.5. The average Bonchev–Trinajstić information content (AvgIpc) is 3.17. The predicted molar refractivity (Wildman–Crippen MR) is 99.7 cm³/mol. The van der Waals surface area contributed by atoms with Crippen molar-refractivity contribution in [2.75, 3.05) is 4.90 Å². The number of aromatic nitrogens is 1. The molecule has 1 atom stereocenters. The number of anilines is 1. The Bertz CT molecular complexity index is 760. The van der Waals surface area contributed by atoms with Gasteiger partial charge in [-0.15, -0.1) is 11.3 Å². The van der Waals surface area contributed by atoms with Gasteiger partial charge in [-0.25, -0.2) is 4.98 Å². The number of nitrogens with zero attached hydrogens (tertiary/aromatic N) is 3. The quantitative estimate of drug-likeness (QED) is 0.558. The van der Waals surface area contributed by atoms with E-state index in [1.54, 1.807) is 30.2 Å². The normalized spacial score (nSPS) is 16.0. The maximum atomic E-state index is 13.1. The number of ether oxygens (including phenoxy) is 1. The SMILES string of the molecule is C[C@@H](Oc1ccccc1[N+](=O)[O-])C(=O)N(c1nccs1)C1CCCCC1. The van der Waals surface area contributed by atoms with Crippen molar-refractivity contribution in [3.8, 4) is 5.75 Å². The van der Waals surface area contributed by atoms with Crippen LogP contribution < -0.4 is 9.64 Å². The number of rotatable bonds is 6. The van der Waals surface area contributed by atoms with Crippen LogP contribution in [0.4, 0.5) is 10.8 Å². The summed E-state index contributed by atoms with van der Waals surface area (Å²) in [5.41, 5.74) is -0.148. The van der Waals surface area contributed by atoms with Crippen LogP contribution >= 0.6 is 11.3 Å². The lowest BCUT2D eigenvalue weighted by molar-refractivity contribution is -0.386. The molecule has 1 aliphatic rings. The molecule has 0 bridgehead atoms. The van der Waals surface area contributed by atoms with Crippen molar-refractivity contribution in [2.24, 2.45) is 0 Å². The van der Waals surface area contributed by atoms with E-state index < -0.39 is 11.0 Å². The van der Waals surface area contributed by atoms with Crippen molar-refractivity contribution in [1.29, 1.82) is 0 Å². The molecule has 7 nitrogen and oxygen atoms in total. The lowest BCUT2D eigenvalue weighted by Crippen LogP contribution is -2.47. The average molecular weight is 375 g/mol. The van der Waals surface area contributed by atoms with Crippen LogP contribution in [0.2, 0.25) is 0 Å². The standard InChI is InChI=1S/C18H21N3O4S/c1-13(25-16-10-6-5-9-15(16)21(23)24)17(22)20(18-19-11-12-26-18)14-7-3-2-4-8-14/h5-6,9-14H,2-4,7-8H2,1H3/t13-/m1/s1. The first-order valence-electron chi connectivity index (χ1n) is 8.70. The molecule has 1 aromatic carbocycles. The molecule has 0 spiro atoms. The topological polar surface area (TPSA) is 85.6 Å². The summed E-state index contributed by atoms with van der Waals surface area (Å²) >= 11 is 1.41. The minimum absolute atomic E-state index is 0.0965. The molecule has 2 aromatic rings. The molecule has 1 amide bonds. The fourth-order valence-electron chi connectivity index (χ4n) is 3.25. The number of carbonyl (C=O) groups is 1. The number of amides is 1. The Morgan fingerprint density at radius 3 is 2.73 bits per heavy atom. The lowest BCUT2D eigenvalue weighted by atomic mass is 9.94. The van der Waals surface area contributed by atoms with E-state index in [-0.39, 0.29) is 23.4 Å². The summed E-state index contributed by atoms with van der Waals surface area (Å²) < 4.78 is 5.68. The number of nitro groups is 1. The highest BCUT2D eigenvalue weighted by Gasteiger charge is 2.33. The first-order valence-corrected chi connectivity index (χ1v) is 9.58. The Morgan fingerprint density at radius 1 is 1.35 bits per heavy atom. The first-order chi connectivity index (χ1) is 12.6. The molecule has 1 aliphatic carbocycles. The number of carbonyl (C=O) groups excluding carboxylic acids is 1. The molecular weight excluding hydrogens is 354 g/mol. The van der Waals surface area contributed by atoms with Gasteiger partial charge in [-0.3, -0.25) is 19.8 Å². The van der Waals surface area contributed by atoms with Gasteiger partial charge in [0.15, 0.2) is 17.0 Å². The van der Waals surface area contributed by atoms with Crippen LogP contribution in [-0.4, -0.2) is 28.0 Å². The van der Waals surface area contributed by atoms with Gasteiger partial charge in [0, 0.05) is 23.7 Å². The maximum Gasteiger partial charge on any atom is 0.310 e. The van der Waals surface area contributed by atoms with Crippen molar-refractivity contribution in [3.63, 3.8) is 0 Å². The number of thiazole rings is 1. The lowest BCUT2D eigenvalue weighted by Gasteiger charge is -2.34. The van der Waals surface area contributed by atoms with E-state index in [4.69, 9.17) is 4.74 Å². The monoisotopic (exact) mass is 375 g/mol. The second kappa shape index (κ2) is 8.27. The van der Waals surface area contributed by atoms with Crippen molar-refractivity contribution in [2.45, 2.75) is 51.2 Å². The van der Waals surface area contributed by atoms with Crippen LogP contribution in [0, 0.1) is 10.1 Å². The van der Waals surface area contributed by atoms with Crippen molar-refractivity contribution in [3.05, 3.63) is 46.0 Å². The van der Waals surface area contributed by atoms with E-state index in [9.17, 15) is 14.9 Å². The van der Waals surface area contributed by atoms with Crippen LogP contribution in [0.3, 0.4) is 0 Å². The van der Waals surface area contributed by atoms with Crippen molar-refractivity contribution >= 4 is 28.1 Å². The Hall–Kier alpha value is -2.48. The van der Waals surface area contributed by atoms with Gasteiger partial charge in [0.05, 0.1) is 4.92 Å². The summed E-state index contributed by atoms with van der Waals surface area (Å²) in [5.74, 6) is -0.119. The molecule has 0 radical (unpaired) electrons. The smallest absolute Gasteiger partial charge is 0.310 e. The van der Waals surface area contributed by atoms with Crippen LogP contribution in [0.15, 0.2) is 35.8 Å². The zero-order chi connectivity index (χ0) is 18.5. The van der Waals surface area contributed by atoms with E-state index in [0.29, 0.717) is 5.13 Å². The van der Waals surface area contributed by atoms with Gasteiger partial charge in [-0.1, -0.05) is 31.4 Å². The molecule has 0 aliphatic heterocycles. The summed E-state index contributed by atoms with van der Waals surface area (Å²) in [5, 5.41) is 13.7. The summed E-state index contributed by atoms with van der Waals surface area (Å²) in [7, 11) is 0. The molecule has 8 heteroatoms. The fourth-order valence-corrected chi connectivity index (χ4v) is 3.97. The maximum absolute atomic E-state index is 13.1. The molecule has 0 unspecified atom stereocenters. The minimum Gasteiger partial charge on any atom is -0.474 e.